The minimum atomic E-state index is 0. The number of halogens is 1. The summed E-state index contributed by atoms with van der Waals surface area (Å²) in [5, 5.41) is 10.7. The third kappa shape index (κ3) is 8.68. The van der Waals surface area contributed by atoms with E-state index in [1.165, 1.54) is 6.42 Å². The van der Waals surface area contributed by atoms with Gasteiger partial charge < -0.3 is 19.9 Å². The van der Waals surface area contributed by atoms with Crippen LogP contribution in [0.4, 0.5) is 0 Å². The predicted octanol–water partition coefficient (Wildman–Crippen LogP) is 2.58. The molecule has 1 aromatic rings. The highest BCUT2D eigenvalue weighted by Crippen LogP contribution is 2.14. The lowest BCUT2D eigenvalue weighted by molar-refractivity contribution is 0.0372. The smallest absolute Gasteiger partial charge is 0.191 e. The van der Waals surface area contributed by atoms with Crippen molar-refractivity contribution in [2.45, 2.75) is 46.1 Å². The highest BCUT2D eigenvalue weighted by Gasteiger charge is 2.09. The number of morpholine rings is 1. The van der Waals surface area contributed by atoms with Gasteiger partial charge in [0.1, 0.15) is 6.54 Å². The van der Waals surface area contributed by atoms with E-state index in [2.05, 4.69) is 46.5 Å². The van der Waals surface area contributed by atoms with E-state index in [9.17, 15) is 0 Å². The molecule has 1 aliphatic heterocycles. The quantitative estimate of drug-likeness (QED) is 0.246. The first kappa shape index (κ1) is 23.2. The van der Waals surface area contributed by atoms with Gasteiger partial charge in [-0.25, -0.2) is 4.99 Å². The van der Waals surface area contributed by atoms with E-state index in [-0.39, 0.29) is 24.0 Å². The summed E-state index contributed by atoms with van der Waals surface area (Å²) in [7, 11) is 0. The summed E-state index contributed by atoms with van der Waals surface area (Å²) >= 11 is 0. The average molecular weight is 479 g/mol. The van der Waals surface area contributed by atoms with Crippen LogP contribution in [0.3, 0.4) is 0 Å². The average Bonchev–Trinajstić information content (AvgIpc) is 3.09. The number of ether oxygens (including phenoxy) is 1. The zero-order chi connectivity index (χ0) is 17.9. The van der Waals surface area contributed by atoms with Gasteiger partial charge in [0.2, 0.25) is 0 Å². The molecule has 0 radical (unpaired) electrons. The molecular weight excluding hydrogens is 445 g/mol. The minimum Gasteiger partial charge on any atom is -0.379 e. The van der Waals surface area contributed by atoms with Gasteiger partial charge in [-0.3, -0.25) is 4.90 Å². The Balaban J connectivity index is 0.00000338. The standard InChI is InChI=1S/C18H33N5O2.HI/c1-4-19-18(21-14-16-13-17(15(2)3)22-25-16)20-7-5-6-8-23-9-11-24-12-10-23;/h13,15H,4-12,14H2,1-3H3,(H2,19,20,21);1H. The van der Waals surface area contributed by atoms with E-state index in [4.69, 9.17) is 9.26 Å². The fourth-order valence-electron chi connectivity index (χ4n) is 2.67. The van der Waals surface area contributed by atoms with Gasteiger partial charge >= 0.3 is 0 Å². The minimum absolute atomic E-state index is 0. The molecule has 2 rings (SSSR count). The third-order valence-corrected chi connectivity index (χ3v) is 4.20. The summed E-state index contributed by atoms with van der Waals surface area (Å²) in [5.41, 5.74) is 0.978. The monoisotopic (exact) mass is 479 g/mol. The molecule has 1 aliphatic rings. The molecule has 0 atom stereocenters. The summed E-state index contributed by atoms with van der Waals surface area (Å²) in [4.78, 5) is 7.05. The normalized spacial score (nSPS) is 15.8. The highest BCUT2D eigenvalue weighted by atomic mass is 127. The first-order chi connectivity index (χ1) is 12.2. The number of aliphatic imine (C=N–C) groups is 1. The maximum absolute atomic E-state index is 5.37. The molecule has 0 spiro atoms. The molecule has 1 aromatic heterocycles. The van der Waals surface area contributed by atoms with Gasteiger partial charge in [0.15, 0.2) is 11.7 Å². The molecule has 150 valence electrons. The number of nitrogens with zero attached hydrogens (tertiary/aromatic N) is 3. The number of unbranched alkanes of at least 4 members (excludes halogenated alkanes) is 1. The van der Waals surface area contributed by atoms with E-state index in [0.717, 1.165) is 69.8 Å². The second-order valence-corrected chi connectivity index (χ2v) is 6.66. The number of nitrogens with one attached hydrogen (secondary N) is 2. The van der Waals surface area contributed by atoms with Gasteiger partial charge in [-0.1, -0.05) is 19.0 Å². The zero-order valence-electron chi connectivity index (χ0n) is 16.3. The molecule has 0 bridgehead atoms. The number of hydrogen-bond donors (Lipinski definition) is 2. The highest BCUT2D eigenvalue weighted by molar-refractivity contribution is 14.0. The Morgan fingerprint density at radius 2 is 2.04 bits per heavy atom. The van der Waals surface area contributed by atoms with Gasteiger partial charge in [0, 0.05) is 32.2 Å². The Kier molecular flexibility index (Phi) is 11.9. The van der Waals surface area contributed by atoms with Crippen LogP contribution in [0.2, 0.25) is 0 Å². The van der Waals surface area contributed by atoms with Crippen LogP contribution in [0, 0.1) is 0 Å². The lowest BCUT2D eigenvalue weighted by Crippen LogP contribution is -2.39. The molecular formula is C18H34IN5O2. The number of aromatic nitrogens is 1. The second-order valence-electron chi connectivity index (χ2n) is 6.66. The molecule has 2 N–H and O–H groups in total. The van der Waals surface area contributed by atoms with Crippen molar-refractivity contribution in [2.24, 2.45) is 4.99 Å². The van der Waals surface area contributed by atoms with Crippen LogP contribution in [0.1, 0.15) is 51.0 Å². The summed E-state index contributed by atoms with van der Waals surface area (Å²) in [6, 6.07) is 1.99. The lowest BCUT2D eigenvalue weighted by atomic mass is 10.1. The van der Waals surface area contributed by atoms with E-state index in [1.807, 2.05) is 6.07 Å². The van der Waals surface area contributed by atoms with Crippen molar-refractivity contribution in [2.75, 3.05) is 45.9 Å². The van der Waals surface area contributed by atoms with Crippen molar-refractivity contribution < 1.29 is 9.26 Å². The maximum atomic E-state index is 5.37. The molecule has 0 aliphatic carbocycles. The molecule has 0 aromatic carbocycles. The molecule has 7 nitrogen and oxygen atoms in total. The van der Waals surface area contributed by atoms with Crippen LogP contribution < -0.4 is 10.6 Å². The molecule has 0 unspecified atom stereocenters. The Morgan fingerprint density at radius 1 is 1.27 bits per heavy atom. The molecule has 26 heavy (non-hydrogen) atoms. The van der Waals surface area contributed by atoms with Crippen molar-refractivity contribution in [3.05, 3.63) is 17.5 Å². The van der Waals surface area contributed by atoms with E-state index < -0.39 is 0 Å². The van der Waals surface area contributed by atoms with Gasteiger partial charge in [-0.05, 0) is 32.2 Å². The molecule has 1 fully saturated rings. The molecule has 8 heteroatoms. The summed E-state index contributed by atoms with van der Waals surface area (Å²) in [6.07, 6.45) is 2.31. The topological polar surface area (TPSA) is 74.9 Å². The first-order valence-electron chi connectivity index (χ1n) is 9.46. The second kappa shape index (κ2) is 13.3. The molecule has 0 amide bonds. The van der Waals surface area contributed by atoms with Crippen LogP contribution >= 0.6 is 24.0 Å². The van der Waals surface area contributed by atoms with Crippen molar-refractivity contribution >= 4 is 29.9 Å². The Bertz CT molecular complexity index is 515. The Hall–Kier alpha value is -0.870. The van der Waals surface area contributed by atoms with Crippen LogP contribution in [-0.4, -0.2) is 62.0 Å². The van der Waals surface area contributed by atoms with Crippen molar-refractivity contribution in [1.29, 1.82) is 0 Å². The van der Waals surface area contributed by atoms with Crippen molar-refractivity contribution in [1.82, 2.24) is 20.7 Å². The Morgan fingerprint density at radius 3 is 2.69 bits per heavy atom. The molecule has 1 saturated heterocycles. The largest absolute Gasteiger partial charge is 0.379 e. The zero-order valence-corrected chi connectivity index (χ0v) is 18.6. The third-order valence-electron chi connectivity index (χ3n) is 4.20. The maximum Gasteiger partial charge on any atom is 0.191 e. The summed E-state index contributed by atoms with van der Waals surface area (Å²) in [6.45, 7) is 13.6. The first-order valence-corrected chi connectivity index (χ1v) is 9.46. The number of guanidine groups is 1. The Labute approximate surface area is 174 Å². The van der Waals surface area contributed by atoms with E-state index in [0.29, 0.717) is 12.5 Å². The van der Waals surface area contributed by atoms with Crippen LogP contribution in [-0.2, 0) is 11.3 Å². The van der Waals surface area contributed by atoms with Gasteiger partial charge in [-0.15, -0.1) is 24.0 Å². The molecule has 2 heterocycles. The predicted molar refractivity (Wildman–Crippen MR) is 115 cm³/mol. The summed E-state index contributed by atoms with van der Waals surface area (Å²) < 4.78 is 10.7. The molecule has 0 saturated carbocycles. The van der Waals surface area contributed by atoms with Crippen LogP contribution in [0.5, 0.6) is 0 Å². The summed E-state index contributed by atoms with van der Waals surface area (Å²) in [5.74, 6) is 2.00. The van der Waals surface area contributed by atoms with Crippen molar-refractivity contribution in [3.63, 3.8) is 0 Å². The van der Waals surface area contributed by atoms with Gasteiger partial charge in [-0.2, -0.15) is 0 Å². The lowest BCUT2D eigenvalue weighted by Gasteiger charge is -2.26. The van der Waals surface area contributed by atoms with Crippen molar-refractivity contribution in [3.8, 4) is 0 Å². The number of rotatable bonds is 9. The SMILES string of the molecule is CCNC(=NCc1cc(C(C)C)no1)NCCCCN1CCOCC1.I. The van der Waals surface area contributed by atoms with E-state index >= 15 is 0 Å². The van der Waals surface area contributed by atoms with Gasteiger partial charge in [0.05, 0.1) is 18.9 Å². The fraction of sp³-hybridized carbons (Fsp3) is 0.778. The fourth-order valence-corrected chi connectivity index (χ4v) is 2.67. The number of hydrogen-bond acceptors (Lipinski definition) is 5. The van der Waals surface area contributed by atoms with Crippen LogP contribution in [0.25, 0.3) is 0 Å². The van der Waals surface area contributed by atoms with Gasteiger partial charge in [0.25, 0.3) is 0 Å². The van der Waals surface area contributed by atoms with E-state index in [1.54, 1.807) is 0 Å². The van der Waals surface area contributed by atoms with Crippen LogP contribution in [0.15, 0.2) is 15.6 Å².